The fourth-order valence-corrected chi connectivity index (χ4v) is 2.24. The van der Waals surface area contributed by atoms with Crippen molar-refractivity contribution in [3.05, 3.63) is 28.8 Å². The predicted molar refractivity (Wildman–Crippen MR) is 75.3 cm³/mol. The van der Waals surface area contributed by atoms with Gasteiger partial charge in [-0.2, -0.15) is 5.26 Å². The first-order valence-electron chi connectivity index (χ1n) is 6.83. The van der Waals surface area contributed by atoms with E-state index in [0.29, 0.717) is 12.0 Å². The van der Waals surface area contributed by atoms with Crippen LogP contribution in [0.25, 0.3) is 0 Å². The molecule has 3 nitrogen and oxygen atoms in total. The number of aryl methyl sites for hydroxylation is 1. The number of carbonyl (C=O) groups is 1. The van der Waals surface area contributed by atoms with Crippen LogP contribution in [0.5, 0.6) is 5.75 Å². The summed E-state index contributed by atoms with van der Waals surface area (Å²) in [5.74, 6) is 0.0398. The molecule has 0 saturated carbocycles. The Balaban J connectivity index is 2.94. The summed E-state index contributed by atoms with van der Waals surface area (Å²) >= 11 is 0. The zero-order valence-corrected chi connectivity index (χ0v) is 11.7. The molecule has 19 heavy (non-hydrogen) atoms. The first-order chi connectivity index (χ1) is 9.11. The standard InChI is InChI=1S/C16H21NO2/c1-3-7-15-13(8-5-4-6-11-17)9-10-14(12(2)18)16(15)19/h9-10,19H,3-8H2,1-2H3. The van der Waals surface area contributed by atoms with E-state index in [4.69, 9.17) is 5.26 Å². The molecule has 0 aliphatic carbocycles. The van der Waals surface area contributed by atoms with Gasteiger partial charge in [0.1, 0.15) is 5.75 Å². The van der Waals surface area contributed by atoms with Gasteiger partial charge in [0, 0.05) is 6.42 Å². The number of carbonyl (C=O) groups excluding carboxylic acids is 1. The molecule has 0 aliphatic heterocycles. The van der Waals surface area contributed by atoms with Crippen LogP contribution in [0.2, 0.25) is 0 Å². The first-order valence-corrected chi connectivity index (χ1v) is 6.83. The van der Waals surface area contributed by atoms with E-state index in [2.05, 4.69) is 13.0 Å². The van der Waals surface area contributed by atoms with Crippen LogP contribution in [-0.4, -0.2) is 10.9 Å². The quantitative estimate of drug-likeness (QED) is 0.598. The molecule has 0 unspecified atom stereocenters. The SMILES string of the molecule is CCCc1c(CCCCC#N)ccc(C(C)=O)c1O. The van der Waals surface area contributed by atoms with E-state index in [-0.39, 0.29) is 11.5 Å². The lowest BCUT2D eigenvalue weighted by Gasteiger charge is -2.13. The minimum Gasteiger partial charge on any atom is -0.507 e. The Hall–Kier alpha value is -1.82. The molecule has 3 heteroatoms. The third kappa shape index (κ3) is 4.10. The Morgan fingerprint density at radius 3 is 2.63 bits per heavy atom. The van der Waals surface area contributed by atoms with E-state index in [0.717, 1.165) is 43.2 Å². The van der Waals surface area contributed by atoms with Crippen molar-refractivity contribution in [2.75, 3.05) is 0 Å². The highest BCUT2D eigenvalue weighted by Gasteiger charge is 2.14. The molecule has 102 valence electrons. The zero-order valence-electron chi connectivity index (χ0n) is 11.7. The minimum atomic E-state index is -0.106. The molecular formula is C16H21NO2. The van der Waals surface area contributed by atoms with E-state index >= 15 is 0 Å². The molecule has 0 heterocycles. The maximum absolute atomic E-state index is 11.4. The zero-order chi connectivity index (χ0) is 14.3. The molecule has 0 aromatic heterocycles. The van der Waals surface area contributed by atoms with Crippen molar-refractivity contribution < 1.29 is 9.90 Å². The number of ketones is 1. The van der Waals surface area contributed by atoms with Crippen LogP contribution < -0.4 is 0 Å². The number of unbranched alkanes of at least 4 members (excludes halogenated alkanes) is 2. The van der Waals surface area contributed by atoms with Gasteiger partial charge in [0.15, 0.2) is 5.78 Å². The maximum atomic E-state index is 11.4. The van der Waals surface area contributed by atoms with Gasteiger partial charge in [-0.15, -0.1) is 0 Å². The smallest absolute Gasteiger partial charge is 0.163 e. The van der Waals surface area contributed by atoms with Crippen LogP contribution in [-0.2, 0) is 12.8 Å². The number of benzene rings is 1. The van der Waals surface area contributed by atoms with Crippen molar-refractivity contribution in [1.82, 2.24) is 0 Å². The summed E-state index contributed by atoms with van der Waals surface area (Å²) in [5.41, 5.74) is 2.40. The van der Waals surface area contributed by atoms with Crippen molar-refractivity contribution in [1.29, 1.82) is 5.26 Å². The summed E-state index contributed by atoms with van der Waals surface area (Å²) in [7, 11) is 0. The van der Waals surface area contributed by atoms with Crippen LogP contribution in [0.1, 0.15) is 61.0 Å². The molecule has 1 N–H and O–H groups in total. The van der Waals surface area contributed by atoms with Crippen molar-refractivity contribution in [3.63, 3.8) is 0 Å². The molecule has 1 aromatic rings. The largest absolute Gasteiger partial charge is 0.507 e. The van der Waals surface area contributed by atoms with Crippen LogP contribution in [0.3, 0.4) is 0 Å². The highest BCUT2D eigenvalue weighted by molar-refractivity contribution is 5.97. The summed E-state index contributed by atoms with van der Waals surface area (Å²) < 4.78 is 0. The lowest BCUT2D eigenvalue weighted by molar-refractivity contribution is 0.101. The summed E-state index contributed by atoms with van der Waals surface area (Å²) in [6, 6.07) is 5.78. The van der Waals surface area contributed by atoms with Gasteiger partial charge >= 0.3 is 0 Å². The van der Waals surface area contributed by atoms with Gasteiger partial charge in [0.2, 0.25) is 0 Å². The molecule has 0 fully saturated rings. The number of aromatic hydroxyl groups is 1. The monoisotopic (exact) mass is 259 g/mol. The average Bonchev–Trinajstić information content (AvgIpc) is 2.38. The lowest BCUT2D eigenvalue weighted by atomic mass is 9.94. The number of Topliss-reactive ketones (excluding diaryl/α,β-unsaturated/α-hetero) is 1. The summed E-state index contributed by atoms with van der Waals surface area (Å²) in [5, 5.41) is 18.7. The van der Waals surface area contributed by atoms with Gasteiger partial charge in [-0.3, -0.25) is 4.79 Å². The first kappa shape index (κ1) is 15.2. The van der Waals surface area contributed by atoms with Crippen molar-refractivity contribution in [2.45, 2.75) is 52.4 Å². The average molecular weight is 259 g/mol. The number of hydrogen-bond donors (Lipinski definition) is 1. The van der Waals surface area contributed by atoms with Gasteiger partial charge in [-0.1, -0.05) is 19.4 Å². The van der Waals surface area contributed by atoms with Crippen LogP contribution in [0.15, 0.2) is 12.1 Å². The predicted octanol–water partition coefficient (Wildman–Crippen LogP) is 3.78. The lowest BCUT2D eigenvalue weighted by Crippen LogP contribution is -2.01. The van der Waals surface area contributed by atoms with E-state index in [9.17, 15) is 9.90 Å². The number of nitriles is 1. The molecule has 0 bridgehead atoms. The van der Waals surface area contributed by atoms with E-state index in [1.165, 1.54) is 6.92 Å². The second-order valence-electron chi connectivity index (χ2n) is 4.77. The highest BCUT2D eigenvalue weighted by Crippen LogP contribution is 2.29. The molecule has 0 aliphatic rings. The Kier molecular flexibility index (Phi) is 6.08. The Bertz CT molecular complexity index is 486. The normalized spacial score (nSPS) is 10.2. The van der Waals surface area contributed by atoms with Crippen molar-refractivity contribution >= 4 is 5.78 Å². The van der Waals surface area contributed by atoms with Crippen LogP contribution in [0.4, 0.5) is 0 Å². The van der Waals surface area contributed by atoms with E-state index in [1.807, 2.05) is 6.07 Å². The summed E-state index contributed by atoms with van der Waals surface area (Å²) in [6.45, 7) is 3.52. The maximum Gasteiger partial charge on any atom is 0.163 e. The third-order valence-electron chi connectivity index (χ3n) is 3.24. The van der Waals surface area contributed by atoms with Gasteiger partial charge in [-0.25, -0.2) is 0 Å². The second-order valence-corrected chi connectivity index (χ2v) is 4.77. The fraction of sp³-hybridized carbons (Fsp3) is 0.500. The van der Waals surface area contributed by atoms with Crippen molar-refractivity contribution in [2.24, 2.45) is 0 Å². The molecule has 0 radical (unpaired) electrons. The van der Waals surface area contributed by atoms with Crippen molar-refractivity contribution in [3.8, 4) is 11.8 Å². The number of rotatable bonds is 7. The van der Waals surface area contributed by atoms with E-state index < -0.39 is 0 Å². The molecule has 0 atom stereocenters. The number of phenolic OH excluding ortho intramolecular Hbond substituents is 1. The minimum absolute atomic E-state index is 0.106. The summed E-state index contributed by atoms with van der Waals surface area (Å²) in [6.07, 6.45) is 4.93. The molecule has 1 rings (SSSR count). The molecule has 0 spiro atoms. The Morgan fingerprint density at radius 1 is 1.32 bits per heavy atom. The number of nitrogens with zero attached hydrogens (tertiary/aromatic N) is 1. The molecule has 0 amide bonds. The number of hydrogen-bond acceptors (Lipinski definition) is 3. The summed E-state index contributed by atoms with van der Waals surface area (Å²) in [4.78, 5) is 11.4. The van der Waals surface area contributed by atoms with Crippen LogP contribution >= 0.6 is 0 Å². The molecule has 0 saturated heterocycles. The Morgan fingerprint density at radius 2 is 2.05 bits per heavy atom. The van der Waals surface area contributed by atoms with Gasteiger partial charge in [-0.05, 0) is 49.8 Å². The Labute approximate surface area is 114 Å². The fourth-order valence-electron chi connectivity index (χ4n) is 2.24. The van der Waals surface area contributed by atoms with Gasteiger partial charge in [0.05, 0.1) is 11.6 Å². The second kappa shape index (κ2) is 7.58. The third-order valence-corrected chi connectivity index (χ3v) is 3.24. The van der Waals surface area contributed by atoms with Gasteiger partial charge < -0.3 is 5.11 Å². The number of phenols is 1. The molecule has 1 aromatic carbocycles. The van der Waals surface area contributed by atoms with E-state index in [1.54, 1.807) is 6.07 Å². The topological polar surface area (TPSA) is 61.1 Å². The van der Waals surface area contributed by atoms with Crippen LogP contribution in [0, 0.1) is 11.3 Å². The van der Waals surface area contributed by atoms with Gasteiger partial charge in [0.25, 0.3) is 0 Å². The highest BCUT2D eigenvalue weighted by atomic mass is 16.3. The molecular weight excluding hydrogens is 238 g/mol.